The van der Waals surface area contributed by atoms with Crippen LogP contribution in [0, 0.1) is 11.1 Å². The molecule has 0 bridgehead atoms. The summed E-state index contributed by atoms with van der Waals surface area (Å²) in [4.78, 5) is 0. The summed E-state index contributed by atoms with van der Waals surface area (Å²) in [7, 11) is 0. The zero-order chi connectivity index (χ0) is 9.19. The molecule has 0 saturated carbocycles. The summed E-state index contributed by atoms with van der Waals surface area (Å²) >= 11 is 0. The van der Waals surface area contributed by atoms with Gasteiger partial charge in [0.15, 0.2) is 0 Å². The Hall–Kier alpha value is -0.120. The van der Waals surface area contributed by atoms with E-state index in [1.807, 2.05) is 0 Å². The third-order valence-corrected chi connectivity index (χ3v) is 2.40. The van der Waals surface area contributed by atoms with Gasteiger partial charge in [0.05, 0.1) is 18.6 Å². The molecule has 1 fully saturated rings. The Morgan fingerprint density at radius 1 is 1.58 bits per heavy atom. The maximum absolute atomic E-state index is 11.2. The molecule has 1 heterocycles. The first-order chi connectivity index (χ1) is 5.52. The van der Waals surface area contributed by atoms with E-state index in [-0.39, 0.29) is 5.54 Å². The molecule has 72 valence electrons. The lowest BCUT2D eigenvalue weighted by molar-refractivity contribution is -0.857. The van der Waals surface area contributed by atoms with Crippen molar-refractivity contribution in [2.75, 3.05) is 19.6 Å². The van der Waals surface area contributed by atoms with E-state index in [0.717, 1.165) is 13.0 Å². The topological polar surface area (TPSA) is 39.5 Å². The molecular weight excluding hydrogens is 152 g/mol. The first-order valence-corrected chi connectivity index (χ1v) is 4.78. The van der Waals surface area contributed by atoms with Crippen LogP contribution in [0.4, 0.5) is 0 Å². The van der Waals surface area contributed by atoms with Gasteiger partial charge in [-0.05, 0) is 19.3 Å². The SMILES string of the molecule is CC(C)CC1(C)C[NH+]([O-])CCN1. The van der Waals surface area contributed by atoms with E-state index < -0.39 is 0 Å². The highest BCUT2D eigenvalue weighted by atomic mass is 16.5. The summed E-state index contributed by atoms with van der Waals surface area (Å²) in [6.07, 6.45) is 1.10. The minimum Gasteiger partial charge on any atom is -0.634 e. The van der Waals surface area contributed by atoms with Crippen LogP contribution in [0.25, 0.3) is 0 Å². The van der Waals surface area contributed by atoms with Crippen LogP contribution < -0.4 is 10.4 Å². The van der Waals surface area contributed by atoms with E-state index in [0.29, 0.717) is 24.1 Å². The number of quaternary nitrogens is 1. The number of nitrogens with one attached hydrogen (secondary N) is 2. The molecule has 0 aliphatic carbocycles. The van der Waals surface area contributed by atoms with Crippen molar-refractivity contribution in [3.63, 3.8) is 0 Å². The third kappa shape index (κ3) is 2.73. The fourth-order valence-electron chi connectivity index (χ4n) is 2.14. The quantitative estimate of drug-likeness (QED) is 0.565. The van der Waals surface area contributed by atoms with Gasteiger partial charge in [0.1, 0.15) is 0 Å². The number of hydrogen-bond acceptors (Lipinski definition) is 2. The van der Waals surface area contributed by atoms with Crippen LogP contribution >= 0.6 is 0 Å². The Balaban J connectivity index is 2.45. The molecule has 12 heavy (non-hydrogen) atoms. The van der Waals surface area contributed by atoms with E-state index >= 15 is 0 Å². The van der Waals surface area contributed by atoms with E-state index in [1.54, 1.807) is 0 Å². The summed E-state index contributed by atoms with van der Waals surface area (Å²) < 4.78 is 0. The number of hydrogen-bond donors (Lipinski definition) is 2. The van der Waals surface area contributed by atoms with Crippen LogP contribution in [0.1, 0.15) is 27.2 Å². The van der Waals surface area contributed by atoms with Gasteiger partial charge in [0.25, 0.3) is 0 Å². The average Bonchev–Trinajstić information content (AvgIpc) is 1.82. The Kier molecular flexibility index (Phi) is 3.09. The molecule has 0 radical (unpaired) electrons. The summed E-state index contributed by atoms with van der Waals surface area (Å²) in [5.41, 5.74) is 0.0729. The van der Waals surface area contributed by atoms with Crippen LogP contribution in [-0.4, -0.2) is 25.2 Å². The molecule has 1 aliphatic heterocycles. The number of hydroxylamine groups is 2. The number of piperazine rings is 1. The second kappa shape index (κ2) is 3.73. The van der Waals surface area contributed by atoms with Crippen molar-refractivity contribution in [3.05, 3.63) is 5.21 Å². The predicted molar refractivity (Wildman–Crippen MR) is 49.9 cm³/mol. The highest BCUT2D eigenvalue weighted by Crippen LogP contribution is 2.15. The lowest BCUT2D eigenvalue weighted by Gasteiger charge is -2.41. The van der Waals surface area contributed by atoms with E-state index in [2.05, 4.69) is 26.1 Å². The highest BCUT2D eigenvalue weighted by molar-refractivity contribution is 4.85. The Morgan fingerprint density at radius 2 is 2.25 bits per heavy atom. The molecule has 0 aromatic rings. The predicted octanol–water partition coefficient (Wildman–Crippen LogP) is -0.223. The second-order valence-electron chi connectivity index (χ2n) is 4.55. The molecule has 2 unspecified atom stereocenters. The third-order valence-electron chi connectivity index (χ3n) is 2.40. The minimum absolute atomic E-state index is 0.0729. The Labute approximate surface area is 74.7 Å². The van der Waals surface area contributed by atoms with Crippen LogP contribution in [0.3, 0.4) is 0 Å². The van der Waals surface area contributed by atoms with Crippen molar-refractivity contribution in [2.45, 2.75) is 32.7 Å². The lowest BCUT2D eigenvalue weighted by atomic mass is 9.89. The van der Waals surface area contributed by atoms with Crippen molar-refractivity contribution < 1.29 is 5.06 Å². The summed E-state index contributed by atoms with van der Waals surface area (Å²) in [5, 5.41) is 15.1. The van der Waals surface area contributed by atoms with Crippen molar-refractivity contribution in [2.24, 2.45) is 5.92 Å². The summed E-state index contributed by atoms with van der Waals surface area (Å²) in [5.74, 6) is 0.661. The average molecular weight is 172 g/mol. The van der Waals surface area contributed by atoms with Crippen LogP contribution in [0.2, 0.25) is 0 Å². The van der Waals surface area contributed by atoms with Crippen LogP contribution in [0.15, 0.2) is 0 Å². The van der Waals surface area contributed by atoms with Gasteiger partial charge in [-0.2, -0.15) is 0 Å². The number of rotatable bonds is 2. The highest BCUT2D eigenvalue weighted by Gasteiger charge is 2.31. The second-order valence-corrected chi connectivity index (χ2v) is 4.55. The molecule has 2 atom stereocenters. The molecule has 3 nitrogen and oxygen atoms in total. The standard InChI is InChI=1S/C9H20N2O/c1-8(2)6-9(3)7-11(12)5-4-10-9/h8,10-11H,4-7H2,1-3H3. The molecular formula is C9H20N2O. The fourth-order valence-corrected chi connectivity index (χ4v) is 2.14. The van der Waals surface area contributed by atoms with Crippen molar-refractivity contribution >= 4 is 0 Å². The molecule has 1 saturated heterocycles. The van der Waals surface area contributed by atoms with E-state index in [4.69, 9.17) is 0 Å². The van der Waals surface area contributed by atoms with Gasteiger partial charge in [0, 0.05) is 6.54 Å². The molecule has 0 aromatic carbocycles. The maximum atomic E-state index is 11.2. The fraction of sp³-hybridized carbons (Fsp3) is 1.00. The molecule has 2 N–H and O–H groups in total. The van der Waals surface area contributed by atoms with Gasteiger partial charge in [-0.1, -0.05) is 13.8 Å². The molecule has 1 rings (SSSR count). The van der Waals surface area contributed by atoms with Crippen molar-refractivity contribution in [1.82, 2.24) is 5.32 Å². The molecule has 1 aliphatic rings. The minimum atomic E-state index is 0.0729. The van der Waals surface area contributed by atoms with Crippen LogP contribution in [-0.2, 0) is 0 Å². The largest absolute Gasteiger partial charge is 0.634 e. The molecule has 0 amide bonds. The van der Waals surface area contributed by atoms with Crippen molar-refractivity contribution in [3.8, 4) is 0 Å². The van der Waals surface area contributed by atoms with Gasteiger partial charge >= 0.3 is 0 Å². The molecule has 0 spiro atoms. The normalized spacial score (nSPS) is 37.2. The smallest absolute Gasteiger partial charge is 0.0950 e. The lowest BCUT2D eigenvalue weighted by Crippen LogP contribution is -3.12. The monoisotopic (exact) mass is 172 g/mol. The van der Waals surface area contributed by atoms with Gasteiger partial charge in [0.2, 0.25) is 0 Å². The first-order valence-electron chi connectivity index (χ1n) is 4.78. The van der Waals surface area contributed by atoms with Gasteiger partial charge in [-0.15, -0.1) is 0 Å². The van der Waals surface area contributed by atoms with Crippen LogP contribution in [0.5, 0.6) is 0 Å². The van der Waals surface area contributed by atoms with Gasteiger partial charge in [-0.3, -0.25) is 0 Å². The Morgan fingerprint density at radius 3 is 2.75 bits per heavy atom. The zero-order valence-electron chi connectivity index (χ0n) is 8.31. The Bertz CT molecular complexity index is 145. The molecule has 3 heteroatoms. The first kappa shape index (κ1) is 9.96. The van der Waals surface area contributed by atoms with Crippen molar-refractivity contribution in [1.29, 1.82) is 0 Å². The summed E-state index contributed by atoms with van der Waals surface area (Å²) in [6, 6.07) is 0. The van der Waals surface area contributed by atoms with E-state index in [9.17, 15) is 5.21 Å². The molecule has 0 aromatic heterocycles. The maximum Gasteiger partial charge on any atom is 0.0950 e. The van der Waals surface area contributed by atoms with Gasteiger partial charge in [-0.25, -0.2) is 0 Å². The van der Waals surface area contributed by atoms with Gasteiger partial charge < -0.3 is 15.6 Å². The summed E-state index contributed by atoms with van der Waals surface area (Å²) in [6.45, 7) is 8.85. The van der Waals surface area contributed by atoms with E-state index in [1.165, 1.54) is 0 Å². The zero-order valence-corrected chi connectivity index (χ0v) is 8.31.